The molecule has 0 aliphatic heterocycles. The van der Waals surface area contributed by atoms with Crippen molar-refractivity contribution in [1.82, 2.24) is 10.3 Å². The Hall–Kier alpha value is -0.750. The molecule has 1 aromatic rings. The standard InChI is InChI=1S/C10H13BrN2O2S/c1-16(15)6-2-5-12-10(14)9-4-3-8(11)7-13-9/h3-4,7H,2,5-6H2,1H3,(H,12,14). The second-order valence-corrected chi connectivity index (χ2v) is 5.72. The van der Waals surface area contributed by atoms with Crippen LogP contribution in [0, 0.1) is 0 Å². The third-order valence-corrected chi connectivity index (χ3v) is 3.19. The van der Waals surface area contributed by atoms with E-state index >= 15 is 0 Å². The number of carbonyl (C=O) groups is 1. The highest BCUT2D eigenvalue weighted by Crippen LogP contribution is 2.07. The van der Waals surface area contributed by atoms with Gasteiger partial charge in [-0.05, 0) is 34.5 Å². The van der Waals surface area contributed by atoms with E-state index in [0.717, 1.165) is 4.47 Å². The lowest BCUT2D eigenvalue weighted by molar-refractivity contribution is 0.0949. The van der Waals surface area contributed by atoms with E-state index in [1.807, 2.05) is 0 Å². The maximum Gasteiger partial charge on any atom is 0.269 e. The molecule has 1 atom stereocenters. The molecule has 0 fully saturated rings. The molecule has 4 nitrogen and oxygen atoms in total. The van der Waals surface area contributed by atoms with Crippen LogP contribution in [0.15, 0.2) is 22.8 Å². The molecule has 0 aliphatic rings. The van der Waals surface area contributed by atoms with E-state index in [-0.39, 0.29) is 5.91 Å². The predicted octanol–water partition coefficient (Wildman–Crippen LogP) is 1.34. The smallest absolute Gasteiger partial charge is 0.269 e. The topological polar surface area (TPSA) is 59.1 Å². The third-order valence-electron chi connectivity index (χ3n) is 1.85. The van der Waals surface area contributed by atoms with Gasteiger partial charge in [0.05, 0.1) is 0 Å². The van der Waals surface area contributed by atoms with Crippen molar-refractivity contribution in [2.24, 2.45) is 0 Å². The SMILES string of the molecule is CS(=O)CCCNC(=O)c1ccc(Br)cn1. The summed E-state index contributed by atoms with van der Waals surface area (Å²) in [5, 5.41) is 2.72. The van der Waals surface area contributed by atoms with E-state index in [4.69, 9.17) is 0 Å². The number of aromatic nitrogens is 1. The Bertz CT molecular complexity index is 381. The first kappa shape index (κ1) is 13.3. The van der Waals surface area contributed by atoms with Gasteiger partial charge in [0.15, 0.2) is 0 Å². The molecule has 6 heteroatoms. The Morgan fingerprint density at radius 2 is 2.31 bits per heavy atom. The molecule has 0 aromatic carbocycles. The van der Waals surface area contributed by atoms with E-state index in [1.54, 1.807) is 24.6 Å². The molecule has 1 amide bonds. The largest absolute Gasteiger partial charge is 0.351 e. The summed E-state index contributed by atoms with van der Waals surface area (Å²) in [5.74, 6) is 0.406. The van der Waals surface area contributed by atoms with Crippen LogP contribution in [-0.2, 0) is 10.8 Å². The minimum atomic E-state index is -0.801. The highest BCUT2D eigenvalue weighted by molar-refractivity contribution is 9.10. The van der Waals surface area contributed by atoms with Gasteiger partial charge in [-0.3, -0.25) is 9.00 Å². The van der Waals surface area contributed by atoms with Gasteiger partial charge in [0.2, 0.25) is 0 Å². The number of rotatable bonds is 5. The molecule has 1 unspecified atom stereocenters. The van der Waals surface area contributed by atoms with Crippen LogP contribution in [0.25, 0.3) is 0 Å². The fourth-order valence-electron chi connectivity index (χ4n) is 1.08. The second-order valence-electron chi connectivity index (χ2n) is 3.25. The number of nitrogens with zero attached hydrogens (tertiary/aromatic N) is 1. The Morgan fingerprint density at radius 3 is 2.88 bits per heavy atom. The van der Waals surface area contributed by atoms with Crippen LogP contribution in [0.3, 0.4) is 0 Å². The summed E-state index contributed by atoms with van der Waals surface area (Å²) in [6, 6.07) is 3.42. The summed E-state index contributed by atoms with van der Waals surface area (Å²) < 4.78 is 11.6. The Labute approximate surface area is 105 Å². The number of amides is 1. The maximum absolute atomic E-state index is 11.5. The lowest BCUT2D eigenvalue weighted by Gasteiger charge is -2.03. The summed E-state index contributed by atoms with van der Waals surface area (Å²) in [5.41, 5.74) is 0.390. The van der Waals surface area contributed by atoms with E-state index < -0.39 is 10.8 Å². The number of pyridine rings is 1. The van der Waals surface area contributed by atoms with E-state index in [9.17, 15) is 9.00 Å². The van der Waals surface area contributed by atoms with Gasteiger partial charge in [-0.2, -0.15) is 0 Å². The molecule has 0 bridgehead atoms. The first-order valence-electron chi connectivity index (χ1n) is 4.79. The van der Waals surface area contributed by atoms with Gasteiger partial charge in [0, 0.05) is 40.0 Å². The van der Waals surface area contributed by atoms with Crippen molar-refractivity contribution in [3.8, 4) is 0 Å². The molecule has 88 valence electrons. The van der Waals surface area contributed by atoms with Crippen molar-refractivity contribution in [2.75, 3.05) is 18.6 Å². The summed E-state index contributed by atoms with van der Waals surface area (Å²) >= 11 is 3.25. The van der Waals surface area contributed by atoms with E-state index in [2.05, 4.69) is 26.2 Å². The molecule has 0 aliphatic carbocycles. The van der Waals surface area contributed by atoms with Crippen molar-refractivity contribution in [1.29, 1.82) is 0 Å². The fraction of sp³-hybridized carbons (Fsp3) is 0.400. The fourth-order valence-corrected chi connectivity index (χ4v) is 1.86. The number of carbonyl (C=O) groups excluding carboxylic acids is 1. The summed E-state index contributed by atoms with van der Waals surface area (Å²) in [7, 11) is -0.801. The van der Waals surface area contributed by atoms with Crippen LogP contribution in [0.2, 0.25) is 0 Å². The maximum atomic E-state index is 11.5. The molecule has 16 heavy (non-hydrogen) atoms. The first-order chi connectivity index (χ1) is 7.59. The van der Waals surface area contributed by atoms with Gasteiger partial charge in [-0.15, -0.1) is 0 Å². The zero-order chi connectivity index (χ0) is 12.0. The van der Waals surface area contributed by atoms with Gasteiger partial charge in [0.1, 0.15) is 5.69 Å². The molecule has 0 saturated heterocycles. The zero-order valence-electron chi connectivity index (χ0n) is 8.90. The van der Waals surface area contributed by atoms with Crippen LogP contribution in [0.5, 0.6) is 0 Å². The highest BCUT2D eigenvalue weighted by atomic mass is 79.9. The Kier molecular flexibility index (Phi) is 5.62. The van der Waals surface area contributed by atoms with Crippen LogP contribution in [-0.4, -0.2) is 33.7 Å². The number of nitrogens with one attached hydrogen (secondary N) is 1. The normalized spacial score (nSPS) is 12.1. The molecular weight excluding hydrogens is 292 g/mol. The lowest BCUT2D eigenvalue weighted by atomic mass is 10.3. The average molecular weight is 305 g/mol. The molecule has 1 N–H and O–H groups in total. The van der Waals surface area contributed by atoms with E-state index in [0.29, 0.717) is 24.4 Å². The summed E-state index contributed by atoms with van der Waals surface area (Å²) in [6.45, 7) is 0.524. The van der Waals surface area contributed by atoms with Crippen LogP contribution in [0.1, 0.15) is 16.9 Å². The van der Waals surface area contributed by atoms with E-state index in [1.165, 1.54) is 0 Å². The molecule has 1 aromatic heterocycles. The minimum absolute atomic E-state index is 0.200. The Morgan fingerprint density at radius 1 is 1.56 bits per heavy atom. The van der Waals surface area contributed by atoms with Crippen LogP contribution < -0.4 is 5.32 Å². The lowest BCUT2D eigenvalue weighted by Crippen LogP contribution is -2.26. The number of hydrogen-bond acceptors (Lipinski definition) is 3. The van der Waals surface area contributed by atoms with Crippen molar-refractivity contribution in [3.63, 3.8) is 0 Å². The second kappa shape index (κ2) is 6.75. The molecule has 0 radical (unpaired) electrons. The number of hydrogen-bond donors (Lipinski definition) is 1. The first-order valence-corrected chi connectivity index (χ1v) is 7.31. The molecule has 0 saturated carbocycles. The van der Waals surface area contributed by atoms with Crippen molar-refractivity contribution in [3.05, 3.63) is 28.5 Å². The van der Waals surface area contributed by atoms with Crippen molar-refractivity contribution < 1.29 is 9.00 Å². The number of halogens is 1. The molecule has 1 rings (SSSR count). The zero-order valence-corrected chi connectivity index (χ0v) is 11.3. The van der Waals surface area contributed by atoms with Crippen molar-refractivity contribution >= 4 is 32.6 Å². The van der Waals surface area contributed by atoms with Gasteiger partial charge >= 0.3 is 0 Å². The molecular formula is C10H13BrN2O2S. The summed E-state index contributed by atoms with van der Waals surface area (Å²) in [4.78, 5) is 15.5. The van der Waals surface area contributed by atoms with Gasteiger partial charge < -0.3 is 5.32 Å². The minimum Gasteiger partial charge on any atom is -0.351 e. The van der Waals surface area contributed by atoms with Gasteiger partial charge in [-0.1, -0.05) is 0 Å². The average Bonchev–Trinajstić information content (AvgIpc) is 2.25. The Balaban J connectivity index is 2.35. The third kappa shape index (κ3) is 4.85. The quantitative estimate of drug-likeness (QED) is 0.835. The van der Waals surface area contributed by atoms with Gasteiger partial charge in [-0.25, -0.2) is 4.98 Å². The van der Waals surface area contributed by atoms with Gasteiger partial charge in [0.25, 0.3) is 5.91 Å². The highest BCUT2D eigenvalue weighted by Gasteiger charge is 2.05. The van der Waals surface area contributed by atoms with Crippen LogP contribution in [0.4, 0.5) is 0 Å². The summed E-state index contributed by atoms with van der Waals surface area (Å²) in [6.07, 6.45) is 3.94. The van der Waals surface area contributed by atoms with Crippen molar-refractivity contribution in [2.45, 2.75) is 6.42 Å². The molecule has 0 spiro atoms. The monoisotopic (exact) mass is 304 g/mol. The molecule has 1 heterocycles. The predicted molar refractivity (Wildman–Crippen MR) is 67.8 cm³/mol. The van der Waals surface area contributed by atoms with Crippen LogP contribution >= 0.6 is 15.9 Å².